The molecule has 0 saturated carbocycles. The maximum Gasteiger partial charge on any atom is 0.304 e. The Bertz CT molecular complexity index is 324. The first-order chi connectivity index (χ1) is 7.08. The van der Waals surface area contributed by atoms with Crippen molar-refractivity contribution in [3.63, 3.8) is 0 Å². The molecule has 0 aliphatic heterocycles. The van der Waals surface area contributed by atoms with Gasteiger partial charge in [0.1, 0.15) is 0 Å². The molecular weight excluding hydrogens is 198 g/mol. The zero-order chi connectivity index (χ0) is 11.3. The third-order valence-corrected chi connectivity index (χ3v) is 1.89. The number of nitrogens with zero attached hydrogens (tertiary/aromatic N) is 2. The van der Waals surface area contributed by atoms with Crippen LogP contribution in [0, 0.1) is 6.92 Å². The summed E-state index contributed by atoms with van der Waals surface area (Å²) in [4.78, 5) is 14.4. The molecule has 0 aliphatic rings. The van der Waals surface area contributed by atoms with E-state index in [1.165, 1.54) is 0 Å². The van der Waals surface area contributed by atoms with Gasteiger partial charge in [-0.15, -0.1) is 0 Å². The molecule has 0 bridgehead atoms. The van der Waals surface area contributed by atoms with Gasteiger partial charge in [0.15, 0.2) is 5.82 Å². The lowest BCUT2D eigenvalue weighted by molar-refractivity contribution is -0.137. The van der Waals surface area contributed by atoms with E-state index in [1.54, 1.807) is 6.92 Å². The van der Waals surface area contributed by atoms with Crippen molar-refractivity contribution in [2.24, 2.45) is 0 Å². The van der Waals surface area contributed by atoms with E-state index in [4.69, 9.17) is 9.63 Å². The van der Waals surface area contributed by atoms with E-state index in [1.807, 2.05) is 6.92 Å². The predicted octanol–water partition coefficient (Wildman–Crippen LogP) is 0.373. The molecule has 0 spiro atoms. The fourth-order valence-corrected chi connectivity index (χ4v) is 1.21. The zero-order valence-electron chi connectivity index (χ0n) is 8.86. The van der Waals surface area contributed by atoms with Gasteiger partial charge in [-0.1, -0.05) is 5.16 Å². The van der Waals surface area contributed by atoms with Crippen molar-refractivity contribution in [2.75, 3.05) is 6.54 Å². The van der Waals surface area contributed by atoms with Gasteiger partial charge in [-0.25, -0.2) is 0 Å². The molecule has 1 unspecified atom stereocenters. The van der Waals surface area contributed by atoms with Gasteiger partial charge in [0, 0.05) is 25.9 Å². The van der Waals surface area contributed by atoms with Crippen LogP contribution in [0.1, 0.15) is 25.1 Å². The maximum atomic E-state index is 10.4. The third kappa shape index (κ3) is 4.55. The summed E-state index contributed by atoms with van der Waals surface area (Å²) in [6, 6.07) is -0.0458. The minimum atomic E-state index is -0.801. The first-order valence-corrected chi connectivity index (χ1v) is 4.82. The van der Waals surface area contributed by atoms with Gasteiger partial charge in [-0.2, -0.15) is 4.98 Å². The van der Waals surface area contributed by atoms with E-state index in [9.17, 15) is 4.79 Å². The monoisotopic (exact) mass is 213 g/mol. The van der Waals surface area contributed by atoms with Gasteiger partial charge < -0.3 is 14.9 Å². The average Bonchev–Trinajstić information content (AvgIpc) is 2.50. The SMILES string of the molecule is Cc1nc(CCNC(C)CC(=O)O)no1. The Hall–Kier alpha value is -1.43. The van der Waals surface area contributed by atoms with Crippen LogP contribution in [0.3, 0.4) is 0 Å². The van der Waals surface area contributed by atoms with Crippen LogP contribution in [0.15, 0.2) is 4.52 Å². The van der Waals surface area contributed by atoms with Crippen molar-refractivity contribution < 1.29 is 14.4 Å². The van der Waals surface area contributed by atoms with Crippen LogP contribution in [0.25, 0.3) is 0 Å². The number of aliphatic carboxylic acids is 1. The van der Waals surface area contributed by atoms with Crippen LogP contribution in [-0.2, 0) is 11.2 Å². The lowest BCUT2D eigenvalue weighted by Gasteiger charge is -2.09. The lowest BCUT2D eigenvalue weighted by atomic mass is 10.2. The Kier molecular flexibility index (Phi) is 4.23. The summed E-state index contributed by atoms with van der Waals surface area (Å²) in [5.41, 5.74) is 0. The van der Waals surface area contributed by atoms with Crippen molar-refractivity contribution in [3.8, 4) is 0 Å². The van der Waals surface area contributed by atoms with Crippen molar-refractivity contribution in [1.29, 1.82) is 0 Å². The average molecular weight is 213 g/mol. The van der Waals surface area contributed by atoms with Crippen molar-refractivity contribution in [3.05, 3.63) is 11.7 Å². The van der Waals surface area contributed by atoms with Gasteiger partial charge in [0.2, 0.25) is 5.89 Å². The number of carbonyl (C=O) groups is 1. The molecule has 0 fully saturated rings. The number of carboxylic acids is 1. The fourth-order valence-electron chi connectivity index (χ4n) is 1.21. The van der Waals surface area contributed by atoms with E-state index < -0.39 is 5.97 Å². The molecule has 1 heterocycles. The number of hydrogen-bond donors (Lipinski definition) is 2. The molecule has 2 N–H and O–H groups in total. The van der Waals surface area contributed by atoms with Crippen LogP contribution in [0.5, 0.6) is 0 Å². The van der Waals surface area contributed by atoms with Crippen LogP contribution in [-0.4, -0.2) is 33.8 Å². The minimum absolute atomic E-state index is 0.0458. The van der Waals surface area contributed by atoms with E-state index in [-0.39, 0.29) is 12.5 Å². The number of aryl methyl sites for hydroxylation is 1. The smallest absolute Gasteiger partial charge is 0.304 e. The fraction of sp³-hybridized carbons (Fsp3) is 0.667. The number of nitrogens with one attached hydrogen (secondary N) is 1. The molecule has 0 aliphatic carbocycles. The van der Waals surface area contributed by atoms with Gasteiger partial charge in [-0.3, -0.25) is 4.79 Å². The van der Waals surface area contributed by atoms with Gasteiger partial charge in [0.05, 0.1) is 6.42 Å². The normalized spacial score (nSPS) is 12.7. The Labute approximate surface area is 87.7 Å². The summed E-state index contributed by atoms with van der Waals surface area (Å²) in [5, 5.41) is 15.3. The highest BCUT2D eigenvalue weighted by Crippen LogP contribution is 1.96. The Morgan fingerprint density at radius 1 is 1.67 bits per heavy atom. The van der Waals surface area contributed by atoms with E-state index >= 15 is 0 Å². The molecule has 0 radical (unpaired) electrons. The van der Waals surface area contributed by atoms with Crippen LogP contribution >= 0.6 is 0 Å². The molecule has 0 aromatic carbocycles. The molecule has 0 amide bonds. The topological polar surface area (TPSA) is 88.2 Å². The summed E-state index contributed by atoms with van der Waals surface area (Å²) in [6.45, 7) is 4.21. The van der Waals surface area contributed by atoms with Gasteiger partial charge >= 0.3 is 5.97 Å². The van der Waals surface area contributed by atoms with E-state index in [2.05, 4.69) is 15.5 Å². The first kappa shape index (κ1) is 11.6. The highest BCUT2D eigenvalue weighted by molar-refractivity contribution is 5.67. The highest BCUT2D eigenvalue weighted by atomic mass is 16.5. The second-order valence-electron chi connectivity index (χ2n) is 3.43. The number of rotatable bonds is 6. The Morgan fingerprint density at radius 3 is 2.93 bits per heavy atom. The summed E-state index contributed by atoms with van der Waals surface area (Å²) < 4.78 is 4.80. The van der Waals surface area contributed by atoms with Gasteiger partial charge in [-0.05, 0) is 6.92 Å². The molecule has 1 aromatic rings. The summed E-state index contributed by atoms with van der Waals surface area (Å²) in [6.07, 6.45) is 0.757. The molecule has 6 nitrogen and oxygen atoms in total. The molecule has 84 valence electrons. The summed E-state index contributed by atoms with van der Waals surface area (Å²) >= 11 is 0. The van der Waals surface area contributed by atoms with Crippen LogP contribution < -0.4 is 5.32 Å². The third-order valence-electron chi connectivity index (χ3n) is 1.89. The number of aromatic nitrogens is 2. The van der Waals surface area contributed by atoms with Crippen LogP contribution in [0.4, 0.5) is 0 Å². The summed E-state index contributed by atoms with van der Waals surface area (Å²) in [7, 11) is 0. The second kappa shape index (κ2) is 5.45. The van der Waals surface area contributed by atoms with Gasteiger partial charge in [0.25, 0.3) is 0 Å². The van der Waals surface area contributed by atoms with E-state index in [0.29, 0.717) is 24.7 Å². The molecule has 1 aromatic heterocycles. The Morgan fingerprint density at radius 2 is 2.40 bits per heavy atom. The van der Waals surface area contributed by atoms with Crippen molar-refractivity contribution in [2.45, 2.75) is 32.7 Å². The van der Waals surface area contributed by atoms with Crippen molar-refractivity contribution >= 4 is 5.97 Å². The maximum absolute atomic E-state index is 10.4. The number of hydrogen-bond acceptors (Lipinski definition) is 5. The standard InChI is InChI=1S/C9H15N3O3/c1-6(5-9(13)14)10-4-3-8-11-7(2)15-12-8/h6,10H,3-5H2,1-2H3,(H,13,14). The molecule has 0 saturated heterocycles. The van der Waals surface area contributed by atoms with Crippen molar-refractivity contribution in [1.82, 2.24) is 15.5 Å². The lowest BCUT2D eigenvalue weighted by Crippen LogP contribution is -2.30. The largest absolute Gasteiger partial charge is 0.481 e. The zero-order valence-corrected chi connectivity index (χ0v) is 8.86. The minimum Gasteiger partial charge on any atom is -0.481 e. The highest BCUT2D eigenvalue weighted by Gasteiger charge is 2.07. The second-order valence-corrected chi connectivity index (χ2v) is 3.43. The quantitative estimate of drug-likeness (QED) is 0.710. The van der Waals surface area contributed by atoms with Crippen LogP contribution in [0.2, 0.25) is 0 Å². The first-order valence-electron chi connectivity index (χ1n) is 4.82. The van der Waals surface area contributed by atoms with E-state index in [0.717, 1.165) is 0 Å². The molecule has 6 heteroatoms. The molecule has 1 rings (SSSR count). The number of carboxylic acid groups (broad SMARTS) is 1. The summed E-state index contributed by atoms with van der Waals surface area (Å²) in [5.74, 6) is 0.386. The Balaban J connectivity index is 2.18. The molecule has 15 heavy (non-hydrogen) atoms. The predicted molar refractivity (Wildman–Crippen MR) is 52.5 cm³/mol. The molecular formula is C9H15N3O3. The molecule has 1 atom stereocenters.